The third-order valence-corrected chi connectivity index (χ3v) is 2.68. The first kappa shape index (κ1) is 12.7. The highest BCUT2D eigenvalue weighted by Crippen LogP contribution is 2.50. The Kier molecular flexibility index (Phi) is 2.71. The lowest BCUT2D eigenvalue weighted by Gasteiger charge is -2.21. The van der Waals surface area contributed by atoms with Crippen LogP contribution in [-0.4, -0.2) is 40.8 Å². The lowest BCUT2D eigenvalue weighted by Crippen LogP contribution is -2.39. The van der Waals surface area contributed by atoms with Gasteiger partial charge in [0.05, 0.1) is 0 Å². The summed E-state index contributed by atoms with van der Waals surface area (Å²) in [4.78, 5) is 12.9. The fraction of sp³-hybridized carbons (Fsp3) is 0.667. The van der Waals surface area contributed by atoms with Crippen LogP contribution in [0.2, 0.25) is 0 Å². The molecule has 1 aromatic heterocycles. The third-order valence-electron chi connectivity index (χ3n) is 2.68. The normalized spacial score (nSPS) is 17.4. The third kappa shape index (κ3) is 2.24. The van der Waals surface area contributed by atoms with E-state index in [9.17, 15) is 13.2 Å². The van der Waals surface area contributed by atoms with Crippen molar-refractivity contribution in [2.75, 3.05) is 30.0 Å². The number of nitrogens with one attached hydrogen (secondary N) is 1. The topological polar surface area (TPSA) is 80.0 Å². The number of hydrogen-bond donors (Lipinski definition) is 2. The molecule has 0 bridgehead atoms. The monoisotopic (exact) mass is 262 g/mol. The molecule has 1 saturated carbocycles. The number of aromatic nitrogens is 3. The Morgan fingerprint density at radius 1 is 1.22 bits per heavy atom. The highest BCUT2D eigenvalue weighted by molar-refractivity contribution is 5.44. The maximum absolute atomic E-state index is 12.8. The van der Waals surface area contributed by atoms with Crippen molar-refractivity contribution < 1.29 is 13.2 Å². The van der Waals surface area contributed by atoms with Gasteiger partial charge in [0, 0.05) is 14.1 Å². The molecule has 0 radical (unpaired) electrons. The molecule has 0 spiro atoms. The molecule has 18 heavy (non-hydrogen) atoms. The largest absolute Gasteiger partial charge is 0.411 e. The highest BCUT2D eigenvalue weighted by Gasteiger charge is 2.64. The summed E-state index contributed by atoms with van der Waals surface area (Å²) in [7, 11) is 3.32. The fourth-order valence-electron chi connectivity index (χ4n) is 1.45. The molecule has 1 aliphatic carbocycles. The molecule has 0 saturated heterocycles. The molecule has 0 aromatic carbocycles. The van der Waals surface area contributed by atoms with Crippen LogP contribution in [0.3, 0.4) is 0 Å². The van der Waals surface area contributed by atoms with Crippen LogP contribution in [0.1, 0.15) is 12.8 Å². The minimum Gasteiger partial charge on any atom is -0.368 e. The van der Waals surface area contributed by atoms with Gasteiger partial charge < -0.3 is 16.0 Å². The molecule has 0 atom stereocenters. The number of nitrogen functional groups attached to an aromatic ring is 1. The van der Waals surface area contributed by atoms with Crippen LogP contribution in [0, 0.1) is 0 Å². The summed E-state index contributed by atoms with van der Waals surface area (Å²) in [6.07, 6.45) is -4.30. The van der Waals surface area contributed by atoms with Gasteiger partial charge in [0.1, 0.15) is 5.54 Å². The zero-order valence-electron chi connectivity index (χ0n) is 9.91. The Hall–Kier alpha value is -1.80. The molecule has 2 rings (SSSR count). The van der Waals surface area contributed by atoms with Crippen LogP contribution >= 0.6 is 0 Å². The van der Waals surface area contributed by atoms with Crippen LogP contribution in [0.5, 0.6) is 0 Å². The van der Waals surface area contributed by atoms with E-state index in [4.69, 9.17) is 5.73 Å². The molecule has 3 N–H and O–H groups in total. The average molecular weight is 262 g/mol. The van der Waals surface area contributed by atoms with Crippen LogP contribution in [0.25, 0.3) is 0 Å². The Morgan fingerprint density at radius 2 is 1.83 bits per heavy atom. The SMILES string of the molecule is CN(C)c1nc(N)nc(NC2(C(F)(F)F)CC2)n1. The van der Waals surface area contributed by atoms with E-state index >= 15 is 0 Å². The van der Waals surface area contributed by atoms with Gasteiger partial charge in [-0.1, -0.05) is 0 Å². The molecule has 0 aliphatic heterocycles. The number of nitrogens with two attached hydrogens (primary N) is 1. The van der Waals surface area contributed by atoms with Crippen molar-refractivity contribution in [3.8, 4) is 0 Å². The lowest BCUT2D eigenvalue weighted by molar-refractivity contribution is -0.151. The minimum atomic E-state index is -4.33. The second-order valence-electron chi connectivity index (χ2n) is 4.42. The first-order valence-corrected chi connectivity index (χ1v) is 5.27. The van der Waals surface area contributed by atoms with Crippen molar-refractivity contribution in [3.05, 3.63) is 0 Å². The summed E-state index contributed by atoms with van der Waals surface area (Å²) >= 11 is 0. The second-order valence-corrected chi connectivity index (χ2v) is 4.42. The Morgan fingerprint density at radius 3 is 2.28 bits per heavy atom. The number of alkyl halides is 3. The number of rotatable bonds is 3. The molecular formula is C9H13F3N6. The van der Waals surface area contributed by atoms with Crippen LogP contribution < -0.4 is 16.0 Å². The molecule has 1 aliphatic rings. The quantitative estimate of drug-likeness (QED) is 0.846. The maximum Gasteiger partial charge on any atom is 0.411 e. The fourth-order valence-corrected chi connectivity index (χ4v) is 1.45. The van der Waals surface area contributed by atoms with Crippen molar-refractivity contribution in [2.45, 2.75) is 24.6 Å². The number of anilines is 3. The summed E-state index contributed by atoms with van der Waals surface area (Å²) in [6, 6.07) is 0. The predicted octanol–water partition coefficient (Wildman–Crippen LogP) is 1.03. The van der Waals surface area contributed by atoms with Crippen molar-refractivity contribution in [2.24, 2.45) is 0 Å². The summed E-state index contributed by atoms with van der Waals surface area (Å²) in [5, 5.41) is 2.31. The zero-order chi connectivity index (χ0) is 13.6. The molecule has 100 valence electrons. The van der Waals surface area contributed by atoms with Crippen LogP contribution in [0.15, 0.2) is 0 Å². The van der Waals surface area contributed by atoms with Gasteiger partial charge in [0.2, 0.25) is 17.8 Å². The van der Waals surface area contributed by atoms with E-state index in [1.165, 1.54) is 4.90 Å². The van der Waals surface area contributed by atoms with E-state index in [-0.39, 0.29) is 30.7 Å². The van der Waals surface area contributed by atoms with Crippen molar-refractivity contribution >= 4 is 17.8 Å². The van der Waals surface area contributed by atoms with E-state index in [0.29, 0.717) is 0 Å². The number of hydrogen-bond acceptors (Lipinski definition) is 6. The molecular weight excluding hydrogens is 249 g/mol. The van der Waals surface area contributed by atoms with E-state index in [0.717, 1.165) is 0 Å². The first-order chi connectivity index (χ1) is 8.23. The second kappa shape index (κ2) is 3.85. The van der Waals surface area contributed by atoms with E-state index in [2.05, 4.69) is 20.3 Å². The lowest BCUT2D eigenvalue weighted by atomic mass is 10.3. The highest BCUT2D eigenvalue weighted by atomic mass is 19.4. The molecule has 9 heteroatoms. The van der Waals surface area contributed by atoms with Gasteiger partial charge in [-0.15, -0.1) is 0 Å². The zero-order valence-corrected chi connectivity index (χ0v) is 9.91. The average Bonchev–Trinajstić information content (AvgIpc) is 2.96. The Bertz CT molecular complexity index is 454. The number of nitrogens with zero attached hydrogens (tertiary/aromatic N) is 4. The van der Waals surface area contributed by atoms with Gasteiger partial charge in [-0.2, -0.15) is 28.1 Å². The Balaban J connectivity index is 2.25. The first-order valence-electron chi connectivity index (χ1n) is 5.27. The smallest absolute Gasteiger partial charge is 0.368 e. The van der Waals surface area contributed by atoms with Gasteiger partial charge in [0.15, 0.2) is 0 Å². The number of halogens is 3. The van der Waals surface area contributed by atoms with Gasteiger partial charge in [0.25, 0.3) is 0 Å². The standard InChI is InChI=1S/C9H13F3N6/c1-18(2)7-15-5(13)14-6(16-7)17-8(3-4-8)9(10,11)12/h3-4H2,1-2H3,(H3,13,14,15,16,17). The van der Waals surface area contributed by atoms with Crippen molar-refractivity contribution in [1.29, 1.82) is 0 Å². The molecule has 0 amide bonds. The van der Waals surface area contributed by atoms with Gasteiger partial charge in [-0.3, -0.25) is 0 Å². The van der Waals surface area contributed by atoms with Gasteiger partial charge >= 0.3 is 6.18 Å². The van der Waals surface area contributed by atoms with E-state index in [1.54, 1.807) is 14.1 Å². The van der Waals surface area contributed by atoms with Gasteiger partial charge in [-0.25, -0.2) is 0 Å². The summed E-state index contributed by atoms with van der Waals surface area (Å²) in [5.41, 5.74) is 3.52. The summed E-state index contributed by atoms with van der Waals surface area (Å²) < 4.78 is 38.3. The molecule has 1 fully saturated rings. The van der Waals surface area contributed by atoms with E-state index in [1.807, 2.05) is 0 Å². The summed E-state index contributed by atoms with van der Waals surface area (Å²) in [5.74, 6) is -0.0572. The Labute approximate surface area is 101 Å². The van der Waals surface area contributed by atoms with Crippen LogP contribution in [-0.2, 0) is 0 Å². The van der Waals surface area contributed by atoms with Crippen LogP contribution in [0.4, 0.5) is 31.0 Å². The maximum atomic E-state index is 12.8. The molecule has 1 heterocycles. The minimum absolute atomic E-state index is 0.0133. The van der Waals surface area contributed by atoms with E-state index < -0.39 is 11.7 Å². The molecule has 0 unspecified atom stereocenters. The van der Waals surface area contributed by atoms with Crippen molar-refractivity contribution in [1.82, 2.24) is 15.0 Å². The van der Waals surface area contributed by atoms with Gasteiger partial charge in [-0.05, 0) is 12.8 Å². The van der Waals surface area contributed by atoms with Crippen molar-refractivity contribution in [3.63, 3.8) is 0 Å². The predicted molar refractivity (Wildman–Crippen MR) is 60.2 cm³/mol. The molecule has 6 nitrogen and oxygen atoms in total. The molecule has 1 aromatic rings. The summed E-state index contributed by atoms with van der Waals surface area (Å²) in [6.45, 7) is 0.